The number of nitrogens with one attached hydrogen (secondary N) is 1. The lowest BCUT2D eigenvalue weighted by Gasteiger charge is -2.26. The fourth-order valence-corrected chi connectivity index (χ4v) is 2.96. The van der Waals surface area contributed by atoms with Crippen molar-refractivity contribution in [1.82, 2.24) is 14.5 Å². The molecule has 0 radical (unpaired) electrons. The van der Waals surface area contributed by atoms with Crippen LogP contribution in [0.15, 0.2) is 30.7 Å². The van der Waals surface area contributed by atoms with Crippen LogP contribution in [0.2, 0.25) is 0 Å². The maximum absolute atomic E-state index is 12.2. The van der Waals surface area contributed by atoms with Gasteiger partial charge in [0, 0.05) is 12.4 Å². The van der Waals surface area contributed by atoms with Gasteiger partial charge in [-0.05, 0) is 31.9 Å². The van der Waals surface area contributed by atoms with Crippen LogP contribution >= 0.6 is 0 Å². The predicted octanol–water partition coefficient (Wildman–Crippen LogP) is 3.24. The highest BCUT2D eigenvalue weighted by molar-refractivity contribution is 5.91. The zero-order valence-electron chi connectivity index (χ0n) is 14.6. The first-order valence-corrected chi connectivity index (χ1v) is 8.46. The third-order valence-electron chi connectivity index (χ3n) is 4.02. The van der Waals surface area contributed by atoms with Crippen LogP contribution in [0.1, 0.15) is 51.8 Å². The number of amides is 1. The first kappa shape index (κ1) is 18.1. The third-order valence-corrected chi connectivity index (χ3v) is 4.02. The number of imidazole rings is 1. The second kappa shape index (κ2) is 8.06. The van der Waals surface area contributed by atoms with Gasteiger partial charge in [-0.15, -0.1) is 0 Å². The molecule has 2 rings (SSSR count). The van der Waals surface area contributed by atoms with E-state index in [2.05, 4.69) is 15.3 Å². The average Bonchev–Trinajstić information content (AvgIpc) is 2.94. The minimum Gasteiger partial charge on any atom is -0.389 e. The van der Waals surface area contributed by atoms with Gasteiger partial charge in [0.2, 0.25) is 5.91 Å². The molecular formula is C18H26N4O2. The molecule has 0 aromatic carbocycles. The van der Waals surface area contributed by atoms with Gasteiger partial charge in [-0.3, -0.25) is 9.36 Å². The summed E-state index contributed by atoms with van der Waals surface area (Å²) in [5, 5.41) is 13.4. The Morgan fingerprint density at radius 3 is 2.46 bits per heavy atom. The number of hydrogen-bond donors (Lipinski definition) is 2. The van der Waals surface area contributed by atoms with E-state index in [1.54, 1.807) is 18.5 Å². The van der Waals surface area contributed by atoms with Crippen molar-refractivity contribution in [2.45, 2.75) is 58.5 Å². The van der Waals surface area contributed by atoms with E-state index in [-0.39, 0.29) is 12.3 Å². The van der Waals surface area contributed by atoms with Crippen LogP contribution in [0.25, 0.3) is 5.82 Å². The zero-order chi connectivity index (χ0) is 17.6. The van der Waals surface area contributed by atoms with Gasteiger partial charge in [0.05, 0.1) is 23.9 Å². The number of carbonyl (C=O) groups is 1. The van der Waals surface area contributed by atoms with E-state index in [0.29, 0.717) is 18.5 Å². The Morgan fingerprint density at radius 1 is 1.25 bits per heavy atom. The molecule has 0 saturated carbocycles. The van der Waals surface area contributed by atoms with E-state index in [9.17, 15) is 9.90 Å². The fraction of sp³-hybridized carbons (Fsp3) is 0.500. The lowest BCUT2D eigenvalue weighted by Crippen LogP contribution is -2.33. The van der Waals surface area contributed by atoms with Gasteiger partial charge in [0.1, 0.15) is 11.6 Å². The molecule has 0 aliphatic rings. The van der Waals surface area contributed by atoms with Gasteiger partial charge in [0.15, 0.2) is 0 Å². The van der Waals surface area contributed by atoms with E-state index >= 15 is 0 Å². The Labute approximate surface area is 143 Å². The molecule has 2 aromatic heterocycles. The van der Waals surface area contributed by atoms with Crippen LogP contribution in [-0.4, -0.2) is 31.1 Å². The highest BCUT2D eigenvalue weighted by Crippen LogP contribution is 2.24. The summed E-state index contributed by atoms with van der Waals surface area (Å²) >= 11 is 0. The van der Waals surface area contributed by atoms with Crippen LogP contribution in [-0.2, 0) is 4.79 Å². The van der Waals surface area contributed by atoms with Crippen molar-refractivity contribution in [2.24, 2.45) is 0 Å². The van der Waals surface area contributed by atoms with E-state index in [0.717, 1.165) is 24.5 Å². The topological polar surface area (TPSA) is 80.0 Å². The Morgan fingerprint density at radius 2 is 1.96 bits per heavy atom. The minimum absolute atomic E-state index is 0.108. The van der Waals surface area contributed by atoms with Crippen molar-refractivity contribution in [3.8, 4) is 5.82 Å². The summed E-state index contributed by atoms with van der Waals surface area (Å²) in [7, 11) is 0. The Kier molecular flexibility index (Phi) is 6.09. The summed E-state index contributed by atoms with van der Waals surface area (Å²) in [6, 6.07) is 3.63. The number of hydrogen-bond acceptors (Lipinski definition) is 4. The second-order valence-electron chi connectivity index (χ2n) is 6.20. The van der Waals surface area contributed by atoms with Crippen LogP contribution in [0.4, 0.5) is 5.69 Å². The third kappa shape index (κ3) is 4.64. The standard InChI is InChI=1S/C18H26N4O2/c1-4-8-18(24,9-5-2)12-17(23)21-15-6-7-16(20-13-15)22-11-10-19-14(22)3/h6-7,10-11,13,24H,4-5,8-9,12H2,1-3H3,(H,21,23). The SMILES string of the molecule is CCCC(O)(CCC)CC(=O)Nc1ccc(-n2ccnc2C)nc1. The summed E-state index contributed by atoms with van der Waals surface area (Å²) in [6.07, 6.45) is 8.24. The number of aromatic nitrogens is 3. The molecule has 6 nitrogen and oxygen atoms in total. The molecular weight excluding hydrogens is 304 g/mol. The fourth-order valence-electron chi connectivity index (χ4n) is 2.96. The number of carbonyl (C=O) groups excluding carboxylic acids is 1. The van der Waals surface area contributed by atoms with Crippen LogP contribution in [0, 0.1) is 6.92 Å². The van der Waals surface area contributed by atoms with Gasteiger partial charge in [-0.1, -0.05) is 26.7 Å². The molecule has 1 amide bonds. The van der Waals surface area contributed by atoms with Crippen molar-refractivity contribution in [1.29, 1.82) is 0 Å². The maximum Gasteiger partial charge on any atom is 0.227 e. The van der Waals surface area contributed by atoms with E-state index < -0.39 is 5.60 Å². The molecule has 0 aliphatic carbocycles. The van der Waals surface area contributed by atoms with Gasteiger partial charge in [-0.25, -0.2) is 9.97 Å². The predicted molar refractivity (Wildman–Crippen MR) is 94.1 cm³/mol. The molecule has 6 heteroatoms. The first-order valence-electron chi connectivity index (χ1n) is 8.46. The van der Waals surface area contributed by atoms with E-state index in [4.69, 9.17) is 0 Å². The number of nitrogens with zero attached hydrogens (tertiary/aromatic N) is 3. The molecule has 0 aliphatic heterocycles. The molecule has 0 bridgehead atoms. The smallest absolute Gasteiger partial charge is 0.227 e. The lowest BCUT2D eigenvalue weighted by molar-refractivity contribution is -0.121. The number of rotatable bonds is 8. The second-order valence-corrected chi connectivity index (χ2v) is 6.20. The van der Waals surface area contributed by atoms with Crippen molar-refractivity contribution in [3.05, 3.63) is 36.5 Å². The lowest BCUT2D eigenvalue weighted by atomic mass is 9.89. The Bertz CT molecular complexity index is 658. The number of aliphatic hydroxyl groups is 1. The van der Waals surface area contributed by atoms with Crippen LogP contribution < -0.4 is 5.32 Å². The summed E-state index contributed by atoms with van der Waals surface area (Å²) in [4.78, 5) is 20.7. The molecule has 0 atom stereocenters. The molecule has 24 heavy (non-hydrogen) atoms. The van der Waals surface area contributed by atoms with Gasteiger partial charge in [0.25, 0.3) is 0 Å². The molecule has 130 valence electrons. The average molecular weight is 330 g/mol. The number of pyridine rings is 1. The molecule has 0 unspecified atom stereocenters. The monoisotopic (exact) mass is 330 g/mol. The van der Waals surface area contributed by atoms with E-state index in [1.165, 1.54) is 0 Å². The molecule has 0 saturated heterocycles. The minimum atomic E-state index is -0.922. The van der Waals surface area contributed by atoms with Crippen LogP contribution in [0.3, 0.4) is 0 Å². The molecule has 2 N–H and O–H groups in total. The van der Waals surface area contributed by atoms with Crippen molar-refractivity contribution < 1.29 is 9.90 Å². The summed E-state index contributed by atoms with van der Waals surface area (Å²) in [6.45, 7) is 5.93. The Balaban J connectivity index is 2.00. The van der Waals surface area contributed by atoms with E-state index in [1.807, 2.05) is 37.6 Å². The van der Waals surface area contributed by atoms with Gasteiger partial charge < -0.3 is 10.4 Å². The van der Waals surface area contributed by atoms with Crippen molar-refractivity contribution in [3.63, 3.8) is 0 Å². The number of anilines is 1. The van der Waals surface area contributed by atoms with Crippen LogP contribution in [0.5, 0.6) is 0 Å². The highest BCUT2D eigenvalue weighted by Gasteiger charge is 2.28. The molecule has 0 fully saturated rings. The number of aryl methyl sites for hydroxylation is 1. The first-order chi connectivity index (χ1) is 11.5. The summed E-state index contributed by atoms with van der Waals surface area (Å²) in [5.74, 6) is 1.41. The highest BCUT2D eigenvalue weighted by atomic mass is 16.3. The van der Waals surface area contributed by atoms with Crippen molar-refractivity contribution in [2.75, 3.05) is 5.32 Å². The normalized spacial score (nSPS) is 11.5. The largest absolute Gasteiger partial charge is 0.389 e. The zero-order valence-corrected chi connectivity index (χ0v) is 14.6. The molecule has 0 spiro atoms. The summed E-state index contributed by atoms with van der Waals surface area (Å²) in [5.41, 5.74) is -0.300. The Hall–Kier alpha value is -2.21. The molecule has 2 aromatic rings. The molecule has 2 heterocycles. The van der Waals surface area contributed by atoms with Gasteiger partial charge >= 0.3 is 0 Å². The summed E-state index contributed by atoms with van der Waals surface area (Å²) < 4.78 is 1.87. The quantitative estimate of drug-likeness (QED) is 0.779. The van der Waals surface area contributed by atoms with Gasteiger partial charge in [-0.2, -0.15) is 0 Å². The van der Waals surface area contributed by atoms with Crippen molar-refractivity contribution >= 4 is 11.6 Å². The maximum atomic E-state index is 12.2.